The zero-order valence-electron chi connectivity index (χ0n) is 10.4. The lowest BCUT2D eigenvalue weighted by atomic mass is 10.3. The highest BCUT2D eigenvalue weighted by atomic mass is 35.5. The van der Waals surface area contributed by atoms with Crippen LogP contribution in [0.4, 0.5) is 15.8 Å². The van der Waals surface area contributed by atoms with Gasteiger partial charge in [-0.2, -0.15) is 0 Å². The van der Waals surface area contributed by atoms with E-state index in [1.54, 1.807) is 6.92 Å². The van der Waals surface area contributed by atoms with Gasteiger partial charge in [-0.25, -0.2) is 12.8 Å². The molecule has 2 aromatic rings. The van der Waals surface area contributed by atoms with Crippen molar-refractivity contribution in [2.45, 2.75) is 11.8 Å². The van der Waals surface area contributed by atoms with Crippen LogP contribution in [0.1, 0.15) is 5.56 Å². The Bertz CT molecular complexity index is 765. The summed E-state index contributed by atoms with van der Waals surface area (Å²) in [6, 6.07) is 3.63. The summed E-state index contributed by atoms with van der Waals surface area (Å²) in [5.41, 5.74) is 6.46. The lowest BCUT2D eigenvalue weighted by Gasteiger charge is -2.11. The van der Waals surface area contributed by atoms with Gasteiger partial charge in [-0.05, 0) is 30.7 Å². The molecule has 8 heteroatoms. The topological polar surface area (TPSA) is 85.1 Å². The first-order chi connectivity index (χ1) is 9.31. The van der Waals surface area contributed by atoms with Crippen LogP contribution in [-0.2, 0) is 10.0 Å². The summed E-state index contributed by atoms with van der Waals surface area (Å²) in [6.07, 6.45) is 2.91. The van der Waals surface area contributed by atoms with E-state index in [1.165, 1.54) is 18.5 Å². The number of hydrogen-bond acceptors (Lipinski definition) is 4. The number of rotatable bonds is 3. The van der Waals surface area contributed by atoms with E-state index in [0.717, 1.165) is 12.1 Å². The molecule has 0 atom stereocenters. The molecule has 0 unspecified atom stereocenters. The zero-order chi connectivity index (χ0) is 14.9. The number of halogens is 2. The second kappa shape index (κ2) is 5.26. The van der Waals surface area contributed by atoms with Crippen molar-refractivity contribution in [3.05, 3.63) is 47.0 Å². The number of nitrogens with one attached hydrogen (secondary N) is 1. The van der Waals surface area contributed by atoms with Crippen molar-refractivity contribution in [2.24, 2.45) is 0 Å². The molecule has 3 N–H and O–H groups in total. The molecule has 0 aliphatic rings. The van der Waals surface area contributed by atoms with Gasteiger partial charge in [0.15, 0.2) is 5.82 Å². The third-order valence-electron chi connectivity index (χ3n) is 2.57. The summed E-state index contributed by atoms with van der Waals surface area (Å²) in [5, 5.41) is -0.350. The molecule has 0 spiro atoms. The first-order valence-corrected chi connectivity index (χ1v) is 7.35. The van der Waals surface area contributed by atoms with Gasteiger partial charge in [0.2, 0.25) is 0 Å². The molecule has 0 fully saturated rings. The molecule has 1 aromatic carbocycles. The largest absolute Gasteiger partial charge is 0.399 e. The smallest absolute Gasteiger partial charge is 0.264 e. The van der Waals surface area contributed by atoms with E-state index in [9.17, 15) is 12.8 Å². The number of nitrogen functional groups attached to an aromatic ring is 1. The second-order valence-electron chi connectivity index (χ2n) is 4.11. The monoisotopic (exact) mass is 315 g/mol. The Morgan fingerprint density at radius 3 is 2.75 bits per heavy atom. The normalized spacial score (nSPS) is 11.3. The van der Waals surface area contributed by atoms with Gasteiger partial charge in [0, 0.05) is 18.1 Å². The van der Waals surface area contributed by atoms with Crippen molar-refractivity contribution >= 4 is 33.0 Å². The molecule has 5 nitrogen and oxygen atoms in total. The minimum Gasteiger partial charge on any atom is -0.399 e. The van der Waals surface area contributed by atoms with Gasteiger partial charge in [0.25, 0.3) is 10.0 Å². The summed E-state index contributed by atoms with van der Waals surface area (Å²) < 4.78 is 40.5. The van der Waals surface area contributed by atoms with E-state index < -0.39 is 20.7 Å². The number of nitrogens with two attached hydrogens (primary N) is 1. The molecule has 2 rings (SSSR count). The summed E-state index contributed by atoms with van der Waals surface area (Å²) in [4.78, 5) is 3.25. The molecule has 0 radical (unpaired) electrons. The Morgan fingerprint density at radius 2 is 2.10 bits per heavy atom. The van der Waals surface area contributed by atoms with Gasteiger partial charge in [0.1, 0.15) is 4.90 Å². The highest BCUT2D eigenvalue weighted by Crippen LogP contribution is 2.27. The van der Waals surface area contributed by atoms with Gasteiger partial charge < -0.3 is 5.73 Å². The van der Waals surface area contributed by atoms with E-state index in [4.69, 9.17) is 17.3 Å². The molecule has 0 amide bonds. The molecule has 0 saturated carbocycles. The Labute approximate surface area is 120 Å². The number of sulfonamides is 1. The molecular formula is C12H11ClFN3O2S. The van der Waals surface area contributed by atoms with Crippen LogP contribution in [0.25, 0.3) is 0 Å². The van der Waals surface area contributed by atoms with Crippen molar-refractivity contribution in [3.8, 4) is 0 Å². The first-order valence-electron chi connectivity index (χ1n) is 5.49. The van der Waals surface area contributed by atoms with Crippen molar-refractivity contribution in [2.75, 3.05) is 10.5 Å². The maximum Gasteiger partial charge on any atom is 0.264 e. The Kier molecular flexibility index (Phi) is 3.82. The Morgan fingerprint density at radius 1 is 1.40 bits per heavy atom. The van der Waals surface area contributed by atoms with Crippen molar-refractivity contribution < 1.29 is 12.8 Å². The van der Waals surface area contributed by atoms with E-state index >= 15 is 0 Å². The minimum absolute atomic E-state index is 0.0585. The van der Waals surface area contributed by atoms with Crippen LogP contribution < -0.4 is 10.5 Å². The third-order valence-corrected chi connectivity index (χ3v) is 4.21. The highest BCUT2D eigenvalue weighted by Gasteiger charge is 2.22. The van der Waals surface area contributed by atoms with Crippen LogP contribution in [0.15, 0.2) is 35.5 Å². The lowest BCUT2D eigenvalue weighted by molar-refractivity contribution is 0.571. The maximum atomic E-state index is 13.9. The maximum absolute atomic E-state index is 13.9. The van der Waals surface area contributed by atoms with E-state index in [0.29, 0.717) is 11.3 Å². The molecule has 0 saturated heterocycles. The van der Waals surface area contributed by atoms with Crippen LogP contribution in [0.3, 0.4) is 0 Å². The van der Waals surface area contributed by atoms with Crippen molar-refractivity contribution in [1.82, 2.24) is 4.98 Å². The summed E-state index contributed by atoms with van der Waals surface area (Å²) in [5.74, 6) is -1.04. The lowest BCUT2D eigenvalue weighted by Crippen LogP contribution is -2.16. The Balaban J connectivity index is 2.49. The van der Waals surface area contributed by atoms with Crippen LogP contribution in [0.2, 0.25) is 5.02 Å². The molecule has 1 aromatic heterocycles. The van der Waals surface area contributed by atoms with Gasteiger partial charge in [-0.1, -0.05) is 11.6 Å². The van der Waals surface area contributed by atoms with Gasteiger partial charge in [-0.15, -0.1) is 0 Å². The number of nitrogens with zero attached hydrogens (tertiary/aromatic N) is 1. The second-order valence-corrected chi connectivity index (χ2v) is 6.17. The molecule has 0 aliphatic heterocycles. The summed E-state index contributed by atoms with van der Waals surface area (Å²) >= 11 is 5.60. The number of hydrogen-bond donors (Lipinski definition) is 2. The van der Waals surface area contributed by atoms with E-state index in [1.807, 2.05) is 0 Å². The number of pyridine rings is 1. The van der Waals surface area contributed by atoms with E-state index in [-0.39, 0.29) is 10.7 Å². The van der Waals surface area contributed by atoms with Crippen molar-refractivity contribution in [3.63, 3.8) is 0 Å². The van der Waals surface area contributed by atoms with Crippen LogP contribution in [-0.4, -0.2) is 13.4 Å². The third kappa shape index (κ3) is 2.83. The zero-order valence-corrected chi connectivity index (χ0v) is 12.0. The van der Waals surface area contributed by atoms with Crippen molar-refractivity contribution in [1.29, 1.82) is 0 Å². The standard InChI is InChI=1S/C12H11ClFN3O2S/c1-7-6-16-3-2-10(7)17-20(18,19)11-5-8(15)4-9(13)12(11)14/h2-6H,15H2,1H3,(H,16,17). The minimum atomic E-state index is -4.13. The number of aromatic nitrogens is 1. The van der Waals surface area contributed by atoms with Crippen LogP contribution >= 0.6 is 11.6 Å². The predicted octanol–water partition coefficient (Wildman–Crippen LogP) is 2.57. The average Bonchev–Trinajstić information content (AvgIpc) is 2.36. The number of aryl methyl sites for hydroxylation is 1. The molecule has 0 bridgehead atoms. The van der Waals surface area contributed by atoms with E-state index in [2.05, 4.69) is 9.71 Å². The fourth-order valence-electron chi connectivity index (χ4n) is 1.57. The number of anilines is 2. The first kappa shape index (κ1) is 14.5. The van der Waals surface area contributed by atoms with Crippen LogP contribution in [0.5, 0.6) is 0 Å². The number of benzene rings is 1. The molecule has 20 heavy (non-hydrogen) atoms. The highest BCUT2D eigenvalue weighted by molar-refractivity contribution is 7.92. The average molecular weight is 316 g/mol. The summed E-state index contributed by atoms with van der Waals surface area (Å²) in [6.45, 7) is 1.67. The van der Waals surface area contributed by atoms with Gasteiger partial charge >= 0.3 is 0 Å². The molecule has 1 heterocycles. The van der Waals surface area contributed by atoms with Gasteiger partial charge in [0.05, 0.1) is 10.7 Å². The van der Waals surface area contributed by atoms with Crippen LogP contribution in [0, 0.1) is 12.7 Å². The molecule has 0 aliphatic carbocycles. The van der Waals surface area contributed by atoms with Gasteiger partial charge in [-0.3, -0.25) is 9.71 Å². The fraction of sp³-hybridized carbons (Fsp3) is 0.0833. The predicted molar refractivity (Wildman–Crippen MR) is 75.6 cm³/mol. The molecular weight excluding hydrogens is 305 g/mol. The summed E-state index contributed by atoms with van der Waals surface area (Å²) in [7, 11) is -4.13. The quantitative estimate of drug-likeness (QED) is 0.852. The fourth-order valence-corrected chi connectivity index (χ4v) is 3.12. The SMILES string of the molecule is Cc1cnccc1NS(=O)(=O)c1cc(N)cc(Cl)c1F. The Hall–Kier alpha value is -1.86. The molecule has 106 valence electrons.